The second kappa shape index (κ2) is 5.67. The van der Waals surface area contributed by atoms with Gasteiger partial charge in [0.25, 0.3) is 0 Å². The lowest BCUT2D eigenvalue weighted by Crippen LogP contribution is -2.12. The number of rotatable bonds is 3. The molecule has 0 aliphatic carbocycles. The van der Waals surface area contributed by atoms with Crippen LogP contribution in [0.2, 0.25) is 0 Å². The van der Waals surface area contributed by atoms with E-state index in [0.29, 0.717) is 16.9 Å². The summed E-state index contributed by atoms with van der Waals surface area (Å²) >= 11 is 0. The van der Waals surface area contributed by atoms with Crippen molar-refractivity contribution in [1.29, 1.82) is 0 Å². The number of hydrogen-bond donors (Lipinski definition) is 1. The van der Waals surface area contributed by atoms with Crippen LogP contribution < -0.4 is 10.4 Å². The number of benzene rings is 1. The molecule has 0 saturated carbocycles. The Bertz CT molecular complexity index is 765. The van der Waals surface area contributed by atoms with Gasteiger partial charge in [-0.2, -0.15) is 0 Å². The fourth-order valence-electron chi connectivity index (χ4n) is 2.17. The van der Waals surface area contributed by atoms with Gasteiger partial charge in [0.15, 0.2) is 0 Å². The minimum absolute atomic E-state index is 0.111. The molecule has 2 aromatic rings. The van der Waals surface area contributed by atoms with Crippen LogP contribution in [-0.2, 0) is 5.41 Å². The zero-order chi connectivity index (χ0) is 16.5. The number of aromatic carboxylic acids is 1. The van der Waals surface area contributed by atoms with Gasteiger partial charge in [0.2, 0.25) is 5.76 Å². The molecule has 0 aliphatic rings. The highest BCUT2D eigenvalue weighted by Gasteiger charge is 2.21. The first kappa shape index (κ1) is 15.8. The molecule has 22 heavy (non-hydrogen) atoms. The lowest BCUT2D eigenvalue weighted by atomic mass is 9.85. The molecular weight excluding hydrogens is 284 g/mol. The largest absolute Gasteiger partial charge is 0.496 e. The lowest BCUT2D eigenvalue weighted by Gasteiger charge is -2.21. The molecule has 0 radical (unpaired) electrons. The average molecular weight is 302 g/mol. The highest BCUT2D eigenvalue weighted by molar-refractivity contribution is 5.94. The summed E-state index contributed by atoms with van der Waals surface area (Å²) in [6.45, 7) is 6.17. The van der Waals surface area contributed by atoms with Gasteiger partial charge in [-0.15, -0.1) is 0 Å². The molecule has 0 amide bonds. The first-order valence-corrected chi connectivity index (χ1v) is 6.80. The molecule has 5 heteroatoms. The normalized spacial score (nSPS) is 11.3. The summed E-state index contributed by atoms with van der Waals surface area (Å²) in [6.07, 6.45) is 0. The number of hydrogen-bond acceptors (Lipinski definition) is 4. The zero-order valence-corrected chi connectivity index (χ0v) is 13.0. The van der Waals surface area contributed by atoms with Crippen molar-refractivity contribution in [2.75, 3.05) is 7.11 Å². The Kier molecular flexibility index (Phi) is 4.08. The summed E-state index contributed by atoms with van der Waals surface area (Å²) in [5.74, 6) is -1.17. The molecule has 1 aromatic carbocycles. The molecule has 116 valence electrons. The summed E-state index contributed by atoms with van der Waals surface area (Å²) in [5, 5.41) is 9.27. The third-order valence-corrected chi connectivity index (χ3v) is 3.38. The fraction of sp³-hybridized carbons (Fsp3) is 0.294. The van der Waals surface area contributed by atoms with Crippen molar-refractivity contribution < 1.29 is 19.1 Å². The molecule has 0 unspecified atom stereocenters. The first-order chi connectivity index (χ1) is 10.2. The van der Waals surface area contributed by atoms with Gasteiger partial charge in [0.1, 0.15) is 5.75 Å². The molecule has 0 saturated heterocycles. The summed E-state index contributed by atoms with van der Waals surface area (Å²) in [4.78, 5) is 22.7. The van der Waals surface area contributed by atoms with Crippen molar-refractivity contribution in [1.82, 2.24) is 0 Å². The van der Waals surface area contributed by atoms with Crippen LogP contribution in [0.15, 0.2) is 39.5 Å². The topological polar surface area (TPSA) is 76.7 Å². The van der Waals surface area contributed by atoms with E-state index in [1.807, 2.05) is 12.1 Å². The van der Waals surface area contributed by atoms with E-state index in [4.69, 9.17) is 9.15 Å². The van der Waals surface area contributed by atoms with E-state index in [9.17, 15) is 14.7 Å². The second-order valence-electron chi connectivity index (χ2n) is 5.97. The number of ether oxygens (including phenoxy) is 1. The zero-order valence-electron chi connectivity index (χ0n) is 13.0. The molecule has 5 nitrogen and oxygen atoms in total. The highest BCUT2D eigenvalue weighted by atomic mass is 16.5. The minimum atomic E-state index is -1.30. The average Bonchev–Trinajstić information content (AvgIpc) is 2.45. The van der Waals surface area contributed by atoms with Gasteiger partial charge in [-0.05, 0) is 29.2 Å². The molecule has 2 rings (SSSR count). The Morgan fingerprint density at radius 2 is 1.82 bits per heavy atom. The van der Waals surface area contributed by atoms with Crippen molar-refractivity contribution in [3.05, 3.63) is 52.1 Å². The van der Waals surface area contributed by atoms with Crippen molar-refractivity contribution in [3.8, 4) is 16.9 Å². The molecule has 1 N–H and O–H groups in total. The van der Waals surface area contributed by atoms with Crippen molar-refractivity contribution >= 4 is 5.97 Å². The molecule has 0 atom stereocenters. The van der Waals surface area contributed by atoms with Crippen LogP contribution in [0.1, 0.15) is 36.9 Å². The van der Waals surface area contributed by atoms with Gasteiger partial charge < -0.3 is 14.3 Å². The van der Waals surface area contributed by atoms with E-state index < -0.39 is 17.4 Å². The third kappa shape index (κ3) is 3.03. The predicted molar refractivity (Wildman–Crippen MR) is 82.6 cm³/mol. The summed E-state index contributed by atoms with van der Waals surface area (Å²) < 4.78 is 10.2. The van der Waals surface area contributed by atoms with Gasteiger partial charge in [0, 0.05) is 17.2 Å². The van der Waals surface area contributed by atoms with Crippen molar-refractivity contribution in [2.24, 2.45) is 0 Å². The van der Waals surface area contributed by atoms with Crippen molar-refractivity contribution in [3.63, 3.8) is 0 Å². The van der Waals surface area contributed by atoms with Gasteiger partial charge in [-0.25, -0.2) is 9.59 Å². The lowest BCUT2D eigenvalue weighted by molar-refractivity contribution is 0.0658. The Morgan fingerprint density at radius 3 is 2.36 bits per heavy atom. The predicted octanol–water partition coefficient (Wildman–Crippen LogP) is 3.31. The van der Waals surface area contributed by atoms with Gasteiger partial charge in [0.05, 0.1) is 7.11 Å². The first-order valence-electron chi connectivity index (χ1n) is 6.80. The monoisotopic (exact) mass is 302 g/mol. The molecule has 0 bridgehead atoms. The van der Waals surface area contributed by atoms with Crippen LogP contribution in [0, 0.1) is 0 Å². The Morgan fingerprint density at radius 1 is 1.14 bits per heavy atom. The van der Waals surface area contributed by atoms with Gasteiger partial charge in [-0.1, -0.05) is 26.8 Å². The maximum Gasteiger partial charge on any atom is 0.372 e. The van der Waals surface area contributed by atoms with Crippen LogP contribution in [0.3, 0.4) is 0 Å². The highest BCUT2D eigenvalue weighted by Crippen LogP contribution is 2.35. The van der Waals surface area contributed by atoms with E-state index in [-0.39, 0.29) is 5.41 Å². The Hall–Kier alpha value is -2.56. The van der Waals surface area contributed by atoms with E-state index >= 15 is 0 Å². The maximum absolute atomic E-state index is 11.4. The molecular formula is C17H18O5. The summed E-state index contributed by atoms with van der Waals surface area (Å²) in [5.41, 5.74) is 1.10. The van der Waals surface area contributed by atoms with Crippen LogP contribution >= 0.6 is 0 Å². The number of methoxy groups -OCH3 is 1. The number of carboxylic acids is 1. The van der Waals surface area contributed by atoms with E-state index in [2.05, 4.69) is 20.8 Å². The second-order valence-corrected chi connectivity index (χ2v) is 5.97. The fourth-order valence-corrected chi connectivity index (χ4v) is 2.17. The molecule has 1 heterocycles. The smallest absolute Gasteiger partial charge is 0.372 e. The van der Waals surface area contributed by atoms with E-state index in [0.717, 1.165) is 5.56 Å². The molecule has 0 fully saturated rings. The van der Waals surface area contributed by atoms with E-state index in [1.54, 1.807) is 6.07 Å². The summed E-state index contributed by atoms with van der Waals surface area (Å²) in [7, 11) is 1.51. The summed E-state index contributed by atoms with van der Waals surface area (Å²) in [6, 6.07) is 8.22. The quantitative estimate of drug-likeness (QED) is 0.941. The van der Waals surface area contributed by atoms with Crippen LogP contribution in [0.5, 0.6) is 5.75 Å². The third-order valence-electron chi connectivity index (χ3n) is 3.38. The van der Waals surface area contributed by atoms with Crippen LogP contribution in [-0.4, -0.2) is 18.2 Å². The van der Waals surface area contributed by atoms with Crippen LogP contribution in [0.4, 0.5) is 0 Å². The maximum atomic E-state index is 11.4. The van der Waals surface area contributed by atoms with Gasteiger partial charge in [-0.3, -0.25) is 0 Å². The number of carboxylic acid groups (broad SMARTS) is 1. The minimum Gasteiger partial charge on any atom is -0.496 e. The van der Waals surface area contributed by atoms with E-state index in [1.165, 1.54) is 19.2 Å². The Balaban J connectivity index is 2.76. The standard InChI is InChI=1S/C17H18O5/c1-17(2,3)10-5-7-13(21-4)12(9-10)11-6-8-14(18)22-15(11)16(19)20/h5-9H,1-4H3,(H,19,20). The molecule has 0 aliphatic heterocycles. The molecule has 1 aromatic heterocycles. The SMILES string of the molecule is COc1ccc(C(C)(C)C)cc1-c1ccc(=O)oc1C(=O)O. The Labute approximate surface area is 128 Å². The van der Waals surface area contributed by atoms with Crippen LogP contribution in [0.25, 0.3) is 11.1 Å². The molecule has 0 spiro atoms. The van der Waals surface area contributed by atoms with Gasteiger partial charge >= 0.3 is 11.6 Å². The van der Waals surface area contributed by atoms with Crippen molar-refractivity contribution in [2.45, 2.75) is 26.2 Å². The number of carbonyl (C=O) groups is 1.